The van der Waals surface area contributed by atoms with Crippen LogP contribution in [0.4, 0.5) is 0 Å². The van der Waals surface area contributed by atoms with Gasteiger partial charge in [-0.15, -0.1) is 0 Å². The minimum atomic E-state index is -0.282. The first kappa shape index (κ1) is 14.7. The van der Waals surface area contributed by atoms with Crippen LogP contribution in [0.15, 0.2) is 12.1 Å². The van der Waals surface area contributed by atoms with Gasteiger partial charge in [0.25, 0.3) is 0 Å². The normalized spacial score (nSPS) is 29.2. The molecule has 0 aliphatic carbocycles. The monoisotopic (exact) mass is 291 g/mol. The zero-order valence-corrected chi connectivity index (χ0v) is 12.8. The van der Waals surface area contributed by atoms with Crippen molar-refractivity contribution < 1.29 is 15.3 Å². The SMILES string of the molecule is CC(C)C[C@H]1CN2CCc3cc(O)c(O)cc3[C@H]2C[C@@H]1O. The highest BCUT2D eigenvalue weighted by molar-refractivity contribution is 5.48. The number of rotatable bonds is 2. The maximum atomic E-state index is 10.5. The molecule has 4 nitrogen and oxygen atoms in total. The summed E-state index contributed by atoms with van der Waals surface area (Å²) in [6.45, 7) is 6.28. The van der Waals surface area contributed by atoms with Crippen molar-refractivity contribution in [3.63, 3.8) is 0 Å². The predicted molar refractivity (Wildman–Crippen MR) is 81.4 cm³/mol. The van der Waals surface area contributed by atoms with E-state index in [0.29, 0.717) is 18.3 Å². The zero-order chi connectivity index (χ0) is 15.1. The summed E-state index contributed by atoms with van der Waals surface area (Å²) in [7, 11) is 0. The summed E-state index contributed by atoms with van der Waals surface area (Å²) in [6, 6.07) is 3.52. The lowest BCUT2D eigenvalue weighted by Gasteiger charge is -2.46. The Kier molecular flexibility index (Phi) is 3.84. The van der Waals surface area contributed by atoms with E-state index in [2.05, 4.69) is 18.7 Å². The maximum absolute atomic E-state index is 10.5. The minimum Gasteiger partial charge on any atom is -0.504 e. The molecule has 0 radical (unpaired) electrons. The minimum absolute atomic E-state index is 0.0451. The first-order valence-electron chi connectivity index (χ1n) is 7.92. The van der Waals surface area contributed by atoms with Crippen LogP contribution < -0.4 is 0 Å². The summed E-state index contributed by atoms with van der Waals surface area (Å²) in [5.74, 6) is 0.832. The van der Waals surface area contributed by atoms with Gasteiger partial charge in [0, 0.05) is 19.1 Å². The molecular weight excluding hydrogens is 266 g/mol. The number of phenols is 2. The van der Waals surface area contributed by atoms with E-state index in [1.54, 1.807) is 12.1 Å². The Morgan fingerprint density at radius 3 is 2.67 bits per heavy atom. The van der Waals surface area contributed by atoms with Gasteiger partial charge in [0.2, 0.25) is 0 Å². The molecule has 0 spiro atoms. The van der Waals surface area contributed by atoms with Crippen LogP contribution >= 0.6 is 0 Å². The first-order valence-corrected chi connectivity index (χ1v) is 7.92. The van der Waals surface area contributed by atoms with Crippen molar-refractivity contribution in [2.24, 2.45) is 11.8 Å². The van der Waals surface area contributed by atoms with E-state index >= 15 is 0 Å². The number of aromatic hydroxyl groups is 2. The van der Waals surface area contributed by atoms with E-state index in [1.165, 1.54) is 0 Å². The van der Waals surface area contributed by atoms with E-state index in [9.17, 15) is 15.3 Å². The molecule has 3 N–H and O–H groups in total. The molecule has 0 amide bonds. The number of benzene rings is 1. The topological polar surface area (TPSA) is 63.9 Å². The lowest BCUT2D eigenvalue weighted by molar-refractivity contribution is -0.0191. The predicted octanol–water partition coefficient (Wildman–Crippen LogP) is 2.42. The molecule has 3 atom stereocenters. The number of piperidine rings is 1. The molecule has 2 heterocycles. The van der Waals surface area contributed by atoms with Gasteiger partial charge in [-0.25, -0.2) is 0 Å². The largest absolute Gasteiger partial charge is 0.504 e. The number of hydrogen-bond acceptors (Lipinski definition) is 4. The van der Waals surface area contributed by atoms with E-state index < -0.39 is 0 Å². The van der Waals surface area contributed by atoms with Gasteiger partial charge >= 0.3 is 0 Å². The van der Waals surface area contributed by atoms with Gasteiger partial charge in [0.1, 0.15) is 0 Å². The summed E-state index contributed by atoms with van der Waals surface area (Å²) in [6.07, 6.45) is 2.38. The molecule has 0 unspecified atom stereocenters. The van der Waals surface area contributed by atoms with Crippen LogP contribution in [0, 0.1) is 11.8 Å². The van der Waals surface area contributed by atoms with Crippen molar-refractivity contribution in [1.82, 2.24) is 4.90 Å². The van der Waals surface area contributed by atoms with Gasteiger partial charge in [0.05, 0.1) is 6.10 Å². The van der Waals surface area contributed by atoms with Crippen LogP contribution in [0.5, 0.6) is 11.5 Å². The van der Waals surface area contributed by atoms with Crippen LogP contribution in [-0.4, -0.2) is 39.4 Å². The van der Waals surface area contributed by atoms with E-state index in [4.69, 9.17) is 0 Å². The summed E-state index contributed by atoms with van der Waals surface area (Å²) in [5, 5.41) is 29.9. The number of nitrogens with zero attached hydrogens (tertiary/aromatic N) is 1. The van der Waals surface area contributed by atoms with Crippen LogP contribution in [-0.2, 0) is 6.42 Å². The van der Waals surface area contributed by atoms with Crippen molar-refractivity contribution in [3.8, 4) is 11.5 Å². The van der Waals surface area contributed by atoms with Crippen molar-refractivity contribution in [2.75, 3.05) is 13.1 Å². The summed E-state index contributed by atoms with van der Waals surface area (Å²) in [4.78, 5) is 2.43. The number of aliphatic hydroxyl groups is 1. The molecular formula is C17H25NO3. The summed E-state index contributed by atoms with van der Waals surface area (Å²) in [5.41, 5.74) is 2.17. The van der Waals surface area contributed by atoms with Crippen LogP contribution in [0.3, 0.4) is 0 Å². The van der Waals surface area contributed by atoms with Crippen LogP contribution in [0.25, 0.3) is 0 Å². The number of phenolic OH excluding ortho intramolecular Hbond substituents is 2. The molecule has 0 saturated carbocycles. The third-order valence-electron chi connectivity index (χ3n) is 4.96. The standard InChI is InChI=1S/C17H25NO3/c1-10(2)5-12-9-18-4-3-11-6-16(20)17(21)7-13(11)14(18)8-15(12)19/h6-7,10,12,14-15,19-21H,3-5,8-9H2,1-2H3/t12-,14+,15-/m0/s1. The molecule has 1 saturated heterocycles. The Labute approximate surface area is 126 Å². The third kappa shape index (κ3) is 2.74. The third-order valence-corrected chi connectivity index (χ3v) is 4.96. The van der Waals surface area contributed by atoms with Crippen molar-refractivity contribution >= 4 is 0 Å². The lowest BCUT2D eigenvalue weighted by Crippen LogP contribution is -2.48. The zero-order valence-electron chi connectivity index (χ0n) is 12.8. The van der Waals surface area contributed by atoms with Crippen LogP contribution in [0.2, 0.25) is 0 Å². The molecule has 4 heteroatoms. The fraction of sp³-hybridized carbons (Fsp3) is 0.647. The number of hydrogen-bond donors (Lipinski definition) is 3. The molecule has 21 heavy (non-hydrogen) atoms. The average molecular weight is 291 g/mol. The van der Waals surface area contributed by atoms with Crippen molar-refractivity contribution in [1.29, 1.82) is 0 Å². The molecule has 116 valence electrons. The van der Waals surface area contributed by atoms with Crippen molar-refractivity contribution in [2.45, 2.75) is 45.3 Å². The fourth-order valence-corrected chi connectivity index (χ4v) is 3.96. The lowest BCUT2D eigenvalue weighted by atomic mass is 9.79. The second kappa shape index (κ2) is 5.50. The highest BCUT2D eigenvalue weighted by Crippen LogP contribution is 2.42. The maximum Gasteiger partial charge on any atom is 0.157 e. The van der Waals surface area contributed by atoms with Crippen molar-refractivity contribution in [3.05, 3.63) is 23.3 Å². The molecule has 1 fully saturated rings. The molecule has 1 aromatic carbocycles. The molecule has 1 aromatic rings. The smallest absolute Gasteiger partial charge is 0.157 e. The van der Waals surface area contributed by atoms with E-state index in [0.717, 1.165) is 37.1 Å². The van der Waals surface area contributed by atoms with E-state index in [1.807, 2.05) is 0 Å². The number of aliphatic hydroxyl groups excluding tert-OH is 1. The van der Waals surface area contributed by atoms with Gasteiger partial charge < -0.3 is 15.3 Å². The molecule has 2 aliphatic heterocycles. The van der Waals surface area contributed by atoms with Gasteiger partial charge in [0.15, 0.2) is 11.5 Å². The Hall–Kier alpha value is -1.26. The fourth-order valence-electron chi connectivity index (χ4n) is 3.96. The summed E-state index contributed by atoms with van der Waals surface area (Å²) < 4.78 is 0. The molecule has 0 bridgehead atoms. The highest BCUT2D eigenvalue weighted by atomic mass is 16.3. The quantitative estimate of drug-likeness (QED) is 0.732. The van der Waals surface area contributed by atoms with Gasteiger partial charge in [-0.05, 0) is 54.4 Å². The molecule has 0 aromatic heterocycles. The Balaban J connectivity index is 1.85. The first-order chi connectivity index (χ1) is 9.95. The molecule has 3 rings (SSSR count). The Bertz CT molecular complexity index is 529. The Morgan fingerprint density at radius 1 is 1.24 bits per heavy atom. The Morgan fingerprint density at radius 2 is 1.95 bits per heavy atom. The summed E-state index contributed by atoms with van der Waals surface area (Å²) >= 11 is 0. The number of fused-ring (bicyclic) bond motifs is 3. The van der Waals surface area contributed by atoms with Gasteiger partial charge in [-0.3, -0.25) is 4.90 Å². The van der Waals surface area contributed by atoms with Gasteiger partial charge in [-0.1, -0.05) is 13.8 Å². The van der Waals surface area contributed by atoms with E-state index in [-0.39, 0.29) is 23.6 Å². The average Bonchev–Trinajstić information content (AvgIpc) is 2.41. The molecule has 2 aliphatic rings. The second-order valence-corrected chi connectivity index (χ2v) is 6.99. The van der Waals surface area contributed by atoms with Crippen LogP contribution in [0.1, 0.15) is 43.9 Å². The highest BCUT2D eigenvalue weighted by Gasteiger charge is 2.38. The van der Waals surface area contributed by atoms with Gasteiger partial charge in [-0.2, -0.15) is 0 Å². The second-order valence-electron chi connectivity index (χ2n) is 6.99.